The van der Waals surface area contributed by atoms with Gasteiger partial charge in [-0.15, -0.1) is 0 Å². The summed E-state index contributed by atoms with van der Waals surface area (Å²) in [4.78, 5) is 10.9. The van der Waals surface area contributed by atoms with Crippen molar-refractivity contribution in [2.75, 3.05) is 25.1 Å². The van der Waals surface area contributed by atoms with E-state index in [0.717, 1.165) is 43.1 Å². The van der Waals surface area contributed by atoms with Crippen LogP contribution in [-0.2, 0) is 4.74 Å². The molecule has 1 aromatic rings. The minimum Gasteiger partial charge on any atom is -0.381 e. The molecule has 17 heavy (non-hydrogen) atoms. The monoisotopic (exact) mass is 255 g/mol. The van der Waals surface area contributed by atoms with Crippen LogP contribution in [0.25, 0.3) is 0 Å². The van der Waals surface area contributed by atoms with Crippen molar-refractivity contribution in [3.05, 3.63) is 16.5 Å². The maximum Gasteiger partial charge on any atom is 0.137 e. The van der Waals surface area contributed by atoms with E-state index >= 15 is 0 Å². The molecule has 0 aliphatic carbocycles. The summed E-state index contributed by atoms with van der Waals surface area (Å²) in [5, 5.41) is 0.557. The maximum absolute atomic E-state index is 6.09. The number of piperidine rings is 1. The molecule has 1 fully saturated rings. The molecular weight excluding hydrogens is 238 g/mol. The Labute approximate surface area is 107 Å². The average Bonchev–Trinajstić information content (AvgIpc) is 2.34. The Hall–Kier alpha value is -0.870. The summed E-state index contributed by atoms with van der Waals surface area (Å²) in [5.41, 5.74) is 0.966. The van der Waals surface area contributed by atoms with Gasteiger partial charge in [0, 0.05) is 25.8 Å². The molecule has 1 aliphatic rings. The Morgan fingerprint density at radius 2 is 1.88 bits per heavy atom. The third-order valence-corrected chi connectivity index (χ3v) is 3.62. The Bertz CT molecular complexity index is 403. The van der Waals surface area contributed by atoms with Crippen LogP contribution in [0.15, 0.2) is 0 Å². The molecule has 0 bridgehead atoms. The zero-order valence-electron chi connectivity index (χ0n) is 10.5. The van der Waals surface area contributed by atoms with Crippen molar-refractivity contribution in [3.8, 4) is 0 Å². The third-order valence-electron chi connectivity index (χ3n) is 3.25. The van der Waals surface area contributed by atoms with Crippen LogP contribution in [0, 0.1) is 13.8 Å². The van der Waals surface area contributed by atoms with Gasteiger partial charge in [-0.3, -0.25) is 0 Å². The van der Waals surface area contributed by atoms with Gasteiger partial charge in [0.1, 0.15) is 16.8 Å². The van der Waals surface area contributed by atoms with Crippen LogP contribution in [-0.4, -0.2) is 36.3 Å². The fourth-order valence-corrected chi connectivity index (χ4v) is 2.40. The van der Waals surface area contributed by atoms with E-state index in [-0.39, 0.29) is 0 Å². The standard InChI is InChI=1S/C12H18ClN3O/c1-8-11(13)14-9(2)15-12(8)16-6-4-10(17-3)5-7-16/h10H,4-7H2,1-3H3. The number of anilines is 1. The molecule has 94 valence electrons. The normalized spacial score (nSPS) is 17.5. The molecule has 1 aromatic heterocycles. The van der Waals surface area contributed by atoms with Crippen molar-refractivity contribution >= 4 is 17.4 Å². The third kappa shape index (κ3) is 2.69. The van der Waals surface area contributed by atoms with Gasteiger partial charge in [0.25, 0.3) is 0 Å². The van der Waals surface area contributed by atoms with Gasteiger partial charge in [-0.05, 0) is 26.7 Å². The second-order valence-corrected chi connectivity index (χ2v) is 4.79. The predicted molar refractivity (Wildman–Crippen MR) is 68.8 cm³/mol. The first-order chi connectivity index (χ1) is 8.11. The van der Waals surface area contributed by atoms with Crippen molar-refractivity contribution in [1.82, 2.24) is 9.97 Å². The van der Waals surface area contributed by atoms with Crippen molar-refractivity contribution < 1.29 is 4.74 Å². The van der Waals surface area contributed by atoms with E-state index in [4.69, 9.17) is 16.3 Å². The van der Waals surface area contributed by atoms with Gasteiger partial charge in [0.15, 0.2) is 0 Å². The average molecular weight is 256 g/mol. The largest absolute Gasteiger partial charge is 0.381 e. The van der Waals surface area contributed by atoms with Crippen LogP contribution in [0.3, 0.4) is 0 Å². The summed E-state index contributed by atoms with van der Waals surface area (Å²) in [6, 6.07) is 0. The van der Waals surface area contributed by atoms with E-state index in [0.29, 0.717) is 11.3 Å². The lowest BCUT2D eigenvalue weighted by molar-refractivity contribution is 0.0817. The van der Waals surface area contributed by atoms with Gasteiger partial charge < -0.3 is 9.64 Å². The Morgan fingerprint density at radius 1 is 1.24 bits per heavy atom. The van der Waals surface area contributed by atoms with E-state index in [2.05, 4.69) is 14.9 Å². The van der Waals surface area contributed by atoms with Gasteiger partial charge in [-0.2, -0.15) is 0 Å². The Morgan fingerprint density at radius 3 is 2.47 bits per heavy atom. The fourth-order valence-electron chi connectivity index (χ4n) is 2.19. The molecule has 0 atom stereocenters. The van der Waals surface area contributed by atoms with E-state index in [9.17, 15) is 0 Å². The summed E-state index contributed by atoms with van der Waals surface area (Å²) in [6.45, 7) is 5.77. The van der Waals surface area contributed by atoms with E-state index in [1.165, 1.54) is 0 Å². The SMILES string of the molecule is COC1CCN(c2nc(C)nc(Cl)c2C)CC1. The van der Waals surface area contributed by atoms with Crippen LogP contribution in [0.5, 0.6) is 0 Å². The smallest absolute Gasteiger partial charge is 0.137 e. The molecule has 0 N–H and O–H groups in total. The van der Waals surface area contributed by atoms with Gasteiger partial charge in [0.05, 0.1) is 6.10 Å². The fraction of sp³-hybridized carbons (Fsp3) is 0.667. The molecule has 1 saturated heterocycles. The minimum absolute atomic E-state index is 0.380. The lowest BCUT2D eigenvalue weighted by atomic mass is 10.1. The number of rotatable bonds is 2. The predicted octanol–water partition coefficient (Wildman–Crippen LogP) is 2.36. The highest BCUT2D eigenvalue weighted by Gasteiger charge is 2.22. The molecule has 0 spiro atoms. The Balaban J connectivity index is 2.18. The molecule has 0 amide bonds. The van der Waals surface area contributed by atoms with Crippen molar-refractivity contribution in [3.63, 3.8) is 0 Å². The van der Waals surface area contributed by atoms with E-state index in [1.807, 2.05) is 13.8 Å². The number of hydrogen-bond acceptors (Lipinski definition) is 4. The summed E-state index contributed by atoms with van der Waals surface area (Å²) < 4.78 is 5.37. The van der Waals surface area contributed by atoms with Crippen molar-refractivity contribution in [2.24, 2.45) is 0 Å². The first-order valence-electron chi connectivity index (χ1n) is 5.90. The topological polar surface area (TPSA) is 38.2 Å². The number of ether oxygens (including phenoxy) is 1. The molecule has 2 heterocycles. The highest BCUT2D eigenvalue weighted by molar-refractivity contribution is 6.30. The van der Waals surface area contributed by atoms with Gasteiger partial charge in [0.2, 0.25) is 0 Å². The zero-order chi connectivity index (χ0) is 12.4. The molecule has 0 saturated carbocycles. The van der Waals surface area contributed by atoms with Gasteiger partial charge in [-0.1, -0.05) is 11.6 Å². The van der Waals surface area contributed by atoms with Crippen LogP contribution in [0.2, 0.25) is 5.15 Å². The second kappa shape index (κ2) is 5.19. The highest BCUT2D eigenvalue weighted by Crippen LogP contribution is 2.26. The van der Waals surface area contributed by atoms with E-state index in [1.54, 1.807) is 7.11 Å². The first kappa shape index (κ1) is 12.6. The lowest BCUT2D eigenvalue weighted by Gasteiger charge is -2.33. The summed E-state index contributed by atoms with van der Waals surface area (Å²) >= 11 is 6.09. The van der Waals surface area contributed by atoms with Crippen LogP contribution < -0.4 is 4.90 Å². The van der Waals surface area contributed by atoms with Crippen LogP contribution >= 0.6 is 11.6 Å². The lowest BCUT2D eigenvalue weighted by Crippen LogP contribution is -2.37. The quantitative estimate of drug-likeness (QED) is 0.761. The number of aromatic nitrogens is 2. The number of hydrogen-bond donors (Lipinski definition) is 0. The number of aryl methyl sites for hydroxylation is 1. The van der Waals surface area contributed by atoms with Crippen LogP contribution in [0.1, 0.15) is 24.2 Å². The molecule has 2 rings (SSSR count). The molecule has 0 aromatic carbocycles. The Kier molecular flexibility index (Phi) is 3.84. The van der Waals surface area contributed by atoms with E-state index < -0.39 is 0 Å². The first-order valence-corrected chi connectivity index (χ1v) is 6.28. The summed E-state index contributed by atoms with van der Waals surface area (Å²) in [6.07, 6.45) is 2.46. The number of nitrogens with zero attached hydrogens (tertiary/aromatic N) is 3. The maximum atomic E-state index is 6.09. The van der Waals surface area contributed by atoms with Crippen LogP contribution in [0.4, 0.5) is 5.82 Å². The molecule has 5 heteroatoms. The van der Waals surface area contributed by atoms with Gasteiger partial charge >= 0.3 is 0 Å². The zero-order valence-corrected chi connectivity index (χ0v) is 11.3. The number of halogens is 1. The molecule has 4 nitrogen and oxygen atoms in total. The summed E-state index contributed by atoms with van der Waals surface area (Å²) in [7, 11) is 1.78. The minimum atomic E-state index is 0.380. The molecular formula is C12H18ClN3O. The van der Waals surface area contributed by atoms with Crippen molar-refractivity contribution in [1.29, 1.82) is 0 Å². The van der Waals surface area contributed by atoms with Crippen molar-refractivity contribution in [2.45, 2.75) is 32.8 Å². The molecule has 0 unspecified atom stereocenters. The summed E-state index contributed by atoms with van der Waals surface area (Å²) in [5.74, 6) is 1.70. The molecule has 0 radical (unpaired) electrons. The van der Waals surface area contributed by atoms with Gasteiger partial charge in [-0.25, -0.2) is 9.97 Å². The number of methoxy groups -OCH3 is 1. The molecule has 1 aliphatic heterocycles. The highest BCUT2D eigenvalue weighted by atomic mass is 35.5. The second-order valence-electron chi connectivity index (χ2n) is 4.43.